The monoisotopic (exact) mass is 473 g/mol. The second-order valence-corrected chi connectivity index (χ2v) is 9.37. The number of amides is 3. The van der Waals surface area contributed by atoms with Crippen LogP contribution in [0.15, 0.2) is 60.0 Å². The van der Waals surface area contributed by atoms with E-state index in [4.69, 9.17) is 0 Å². The lowest BCUT2D eigenvalue weighted by Gasteiger charge is -2.35. The Kier molecular flexibility index (Phi) is 7.09. The summed E-state index contributed by atoms with van der Waals surface area (Å²) in [5.74, 6) is -2.26. The third-order valence-electron chi connectivity index (χ3n) is 5.67. The maximum atomic E-state index is 14.1. The summed E-state index contributed by atoms with van der Waals surface area (Å²) >= 11 is 0. The van der Waals surface area contributed by atoms with Crippen LogP contribution in [-0.2, 0) is 25.0 Å². The number of anilines is 1. The molecule has 3 amide bonds. The number of carbonyl (C=O) groups excluding carboxylic acids is 3. The number of benzene rings is 2. The molecule has 1 aliphatic rings. The maximum absolute atomic E-state index is 14.1. The van der Waals surface area contributed by atoms with Gasteiger partial charge >= 0.3 is 0 Å². The molecule has 1 saturated heterocycles. The van der Waals surface area contributed by atoms with Crippen molar-refractivity contribution < 1.29 is 27.2 Å². The lowest BCUT2D eigenvalue weighted by Crippen LogP contribution is -2.51. The Morgan fingerprint density at radius 1 is 1.21 bits per heavy atom. The Morgan fingerprint density at radius 2 is 1.91 bits per heavy atom. The lowest BCUT2D eigenvalue weighted by atomic mass is 9.72. The van der Waals surface area contributed by atoms with Gasteiger partial charge in [-0.25, -0.2) is 17.5 Å². The van der Waals surface area contributed by atoms with E-state index >= 15 is 0 Å². The molecule has 0 aliphatic carbocycles. The molecule has 0 bridgehead atoms. The Balaban J connectivity index is 1.80. The van der Waals surface area contributed by atoms with Gasteiger partial charge in [0.25, 0.3) is 5.91 Å². The molecule has 2 aromatic rings. The van der Waals surface area contributed by atoms with Crippen molar-refractivity contribution in [2.24, 2.45) is 0 Å². The van der Waals surface area contributed by atoms with Crippen LogP contribution in [0.5, 0.6) is 0 Å². The van der Waals surface area contributed by atoms with Gasteiger partial charge in [0.1, 0.15) is 10.7 Å². The Labute approximate surface area is 191 Å². The number of rotatable bonds is 8. The quantitative estimate of drug-likeness (QED) is 0.402. The molecule has 1 unspecified atom stereocenters. The highest BCUT2D eigenvalue weighted by molar-refractivity contribution is 7.89. The molecule has 10 heteroatoms. The SMILES string of the molecule is C=CCNS(=O)(=O)c1cc(C(=O)Nc2ccc(C3(CC)CCC(=O)NC3=O)cc2)ccc1F. The minimum absolute atomic E-state index is 0.0466. The first-order valence-electron chi connectivity index (χ1n) is 10.3. The molecule has 2 aromatic carbocycles. The van der Waals surface area contributed by atoms with Crippen LogP contribution in [0.3, 0.4) is 0 Å². The zero-order chi connectivity index (χ0) is 24.2. The largest absolute Gasteiger partial charge is 0.322 e. The standard InChI is InChI=1S/C23H24FN3O5S/c1-3-13-25-33(31,32)19-14-15(5-10-18(19)24)21(29)26-17-8-6-16(7-9-17)23(4-2)12-11-20(28)27-22(23)30/h3,5-10,14,25H,1,4,11-13H2,2H3,(H,26,29)(H,27,28,30). The van der Waals surface area contributed by atoms with Gasteiger partial charge in [0.05, 0.1) is 5.41 Å². The number of sulfonamides is 1. The van der Waals surface area contributed by atoms with Crippen molar-refractivity contribution in [2.75, 3.05) is 11.9 Å². The fourth-order valence-corrected chi connectivity index (χ4v) is 4.84. The van der Waals surface area contributed by atoms with Crippen LogP contribution in [-0.4, -0.2) is 32.7 Å². The minimum Gasteiger partial charge on any atom is -0.322 e. The summed E-state index contributed by atoms with van der Waals surface area (Å²) in [6.07, 6.45) is 2.46. The topological polar surface area (TPSA) is 121 Å². The number of hydrogen-bond donors (Lipinski definition) is 3. The summed E-state index contributed by atoms with van der Waals surface area (Å²) < 4.78 is 40.8. The fourth-order valence-electron chi connectivity index (χ4n) is 3.74. The van der Waals surface area contributed by atoms with Gasteiger partial charge in [0.2, 0.25) is 21.8 Å². The van der Waals surface area contributed by atoms with Crippen LogP contribution in [0, 0.1) is 5.82 Å². The first kappa shape index (κ1) is 24.3. The van der Waals surface area contributed by atoms with Crippen molar-refractivity contribution in [1.29, 1.82) is 0 Å². The molecule has 1 aliphatic heterocycles. The van der Waals surface area contributed by atoms with E-state index < -0.39 is 32.1 Å². The Bertz CT molecular complexity index is 1210. The van der Waals surface area contributed by atoms with Gasteiger partial charge in [-0.3, -0.25) is 19.7 Å². The van der Waals surface area contributed by atoms with Gasteiger partial charge in [-0.15, -0.1) is 6.58 Å². The van der Waals surface area contributed by atoms with E-state index in [1.807, 2.05) is 6.92 Å². The molecule has 33 heavy (non-hydrogen) atoms. The molecule has 174 valence electrons. The van der Waals surface area contributed by atoms with Crippen molar-refractivity contribution in [2.45, 2.75) is 36.5 Å². The van der Waals surface area contributed by atoms with Crippen LogP contribution < -0.4 is 15.4 Å². The van der Waals surface area contributed by atoms with E-state index in [1.165, 1.54) is 12.1 Å². The molecule has 1 atom stereocenters. The van der Waals surface area contributed by atoms with Crippen LogP contribution in [0.1, 0.15) is 42.1 Å². The highest BCUT2D eigenvalue weighted by atomic mass is 32.2. The smallest absolute Gasteiger partial charge is 0.255 e. The Hall–Kier alpha value is -3.37. The molecule has 0 aromatic heterocycles. The number of hydrogen-bond acceptors (Lipinski definition) is 5. The van der Waals surface area contributed by atoms with E-state index in [-0.39, 0.29) is 30.3 Å². The van der Waals surface area contributed by atoms with Crippen LogP contribution in [0.4, 0.5) is 10.1 Å². The van der Waals surface area contributed by atoms with Crippen LogP contribution in [0.2, 0.25) is 0 Å². The van der Waals surface area contributed by atoms with Crippen molar-refractivity contribution in [3.05, 3.63) is 72.1 Å². The lowest BCUT2D eigenvalue weighted by molar-refractivity contribution is -0.138. The molecular weight excluding hydrogens is 449 g/mol. The second-order valence-electron chi connectivity index (χ2n) is 7.63. The van der Waals surface area contributed by atoms with Crippen molar-refractivity contribution in [1.82, 2.24) is 10.0 Å². The predicted molar refractivity (Wildman–Crippen MR) is 121 cm³/mol. The highest BCUT2D eigenvalue weighted by Crippen LogP contribution is 2.36. The molecule has 8 nitrogen and oxygen atoms in total. The average molecular weight is 474 g/mol. The minimum atomic E-state index is -4.16. The molecule has 0 spiro atoms. The summed E-state index contributed by atoms with van der Waals surface area (Å²) in [6, 6.07) is 9.68. The third-order valence-corrected chi connectivity index (χ3v) is 7.10. The van der Waals surface area contributed by atoms with Gasteiger partial charge in [-0.1, -0.05) is 25.1 Å². The molecular formula is C23H24FN3O5S. The zero-order valence-electron chi connectivity index (χ0n) is 18.0. The first-order chi connectivity index (χ1) is 15.6. The van der Waals surface area contributed by atoms with Gasteiger partial charge in [0.15, 0.2) is 0 Å². The van der Waals surface area contributed by atoms with Gasteiger partial charge in [-0.2, -0.15) is 0 Å². The highest BCUT2D eigenvalue weighted by Gasteiger charge is 2.42. The number of carbonyl (C=O) groups is 3. The van der Waals surface area contributed by atoms with E-state index in [2.05, 4.69) is 21.9 Å². The van der Waals surface area contributed by atoms with E-state index in [0.29, 0.717) is 18.5 Å². The predicted octanol–water partition coefficient (Wildman–Crippen LogP) is 2.63. The summed E-state index contributed by atoms with van der Waals surface area (Å²) in [7, 11) is -4.16. The maximum Gasteiger partial charge on any atom is 0.255 e. The summed E-state index contributed by atoms with van der Waals surface area (Å²) in [5.41, 5.74) is 0.252. The summed E-state index contributed by atoms with van der Waals surface area (Å²) in [5, 5.41) is 5.02. The van der Waals surface area contributed by atoms with Crippen LogP contribution in [0.25, 0.3) is 0 Å². The third kappa shape index (κ3) is 5.01. The molecule has 1 fully saturated rings. The molecule has 3 rings (SSSR count). The molecule has 0 radical (unpaired) electrons. The first-order valence-corrected chi connectivity index (χ1v) is 11.8. The number of imide groups is 1. The number of nitrogens with one attached hydrogen (secondary N) is 3. The van der Waals surface area contributed by atoms with Gasteiger partial charge in [0, 0.05) is 24.2 Å². The molecule has 3 N–H and O–H groups in total. The summed E-state index contributed by atoms with van der Waals surface area (Å²) in [4.78, 5) is 36.1. The second kappa shape index (κ2) is 9.63. The van der Waals surface area contributed by atoms with Crippen molar-refractivity contribution >= 4 is 33.4 Å². The van der Waals surface area contributed by atoms with E-state index in [9.17, 15) is 27.2 Å². The number of piperidine rings is 1. The van der Waals surface area contributed by atoms with Crippen molar-refractivity contribution in [3.8, 4) is 0 Å². The molecule has 0 saturated carbocycles. The average Bonchev–Trinajstić information content (AvgIpc) is 2.79. The number of halogens is 1. The normalized spacial score (nSPS) is 18.5. The summed E-state index contributed by atoms with van der Waals surface area (Å²) in [6.45, 7) is 5.19. The van der Waals surface area contributed by atoms with Crippen LogP contribution >= 0.6 is 0 Å². The van der Waals surface area contributed by atoms with E-state index in [0.717, 1.165) is 17.7 Å². The van der Waals surface area contributed by atoms with Gasteiger partial charge in [-0.05, 0) is 48.7 Å². The fraction of sp³-hybridized carbons (Fsp3) is 0.261. The van der Waals surface area contributed by atoms with E-state index in [1.54, 1.807) is 24.3 Å². The zero-order valence-corrected chi connectivity index (χ0v) is 18.8. The van der Waals surface area contributed by atoms with Gasteiger partial charge < -0.3 is 5.32 Å². The molecule has 1 heterocycles. The Morgan fingerprint density at radius 3 is 2.52 bits per heavy atom. The van der Waals surface area contributed by atoms with Crippen molar-refractivity contribution in [3.63, 3.8) is 0 Å².